The Labute approximate surface area is 74.5 Å². The number of rotatable bonds is 2. The van der Waals surface area contributed by atoms with Gasteiger partial charge < -0.3 is 9.84 Å². The number of hydrogen-bond acceptors (Lipinski definition) is 2. The summed E-state index contributed by atoms with van der Waals surface area (Å²) in [5.41, 5.74) is -4.67. The SMILES string of the molecule is OC(CC1CO1)(C(F)(F)F)C(F)(F)F. The number of ether oxygens (including phenoxy) is 1. The van der Waals surface area contributed by atoms with Crippen molar-refractivity contribution in [3.8, 4) is 0 Å². The maximum atomic E-state index is 12.0. The van der Waals surface area contributed by atoms with Gasteiger partial charge in [-0.15, -0.1) is 0 Å². The fourth-order valence-corrected chi connectivity index (χ4v) is 0.908. The monoisotopic (exact) mass is 224 g/mol. The largest absolute Gasteiger partial charge is 0.426 e. The Balaban J connectivity index is 2.88. The molecule has 0 aromatic rings. The van der Waals surface area contributed by atoms with Crippen LogP contribution in [-0.2, 0) is 4.74 Å². The van der Waals surface area contributed by atoms with Gasteiger partial charge in [0, 0.05) is 6.42 Å². The lowest BCUT2D eigenvalue weighted by molar-refractivity contribution is -0.370. The van der Waals surface area contributed by atoms with Crippen LogP contribution in [0.2, 0.25) is 0 Å². The number of alkyl halides is 6. The molecule has 1 fully saturated rings. The van der Waals surface area contributed by atoms with Gasteiger partial charge in [-0.25, -0.2) is 0 Å². The molecule has 1 heterocycles. The van der Waals surface area contributed by atoms with Crippen molar-refractivity contribution in [2.75, 3.05) is 6.61 Å². The van der Waals surface area contributed by atoms with Crippen LogP contribution in [0.5, 0.6) is 0 Å². The molecule has 0 aromatic heterocycles. The van der Waals surface area contributed by atoms with E-state index in [9.17, 15) is 26.3 Å². The van der Waals surface area contributed by atoms with Crippen molar-refractivity contribution in [3.63, 3.8) is 0 Å². The molecule has 1 rings (SSSR count). The summed E-state index contributed by atoms with van der Waals surface area (Å²) in [6.07, 6.45) is -14.1. The van der Waals surface area contributed by atoms with Crippen molar-refractivity contribution in [1.82, 2.24) is 0 Å². The van der Waals surface area contributed by atoms with E-state index in [1.165, 1.54) is 0 Å². The third kappa shape index (κ3) is 1.95. The Kier molecular flexibility index (Phi) is 2.47. The first-order valence-corrected chi connectivity index (χ1v) is 3.55. The molecule has 14 heavy (non-hydrogen) atoms. The second kappa shape index (κ2) is 2.99. The molecule has 0 spiro atoms. The summed E-state index contributed by atoms with van der Waals surface area (Å²) in [5, 5.41) is 8.56. The van der Waals surface area contributed by atoms with E-state index in [0.29, 0.717) is 0 Å². The Hall–Kier alpha value is -0.500. The minimum atomic E-state index is -5.74. The maximum Gasteiger partial charge on any atom is 0.426 e. The Morgan fingerprint density at radius 3 is 1.64 bits per heavy atom. The molecule has 1 saturated heterocycles. The fraction of sp³-hybridized carbons (Fsp3) is 1.00. The molecule has 0 aliphatic carbocycles. The molecule has 1 N–H and O–H groups in total. The average Bonchev–Trinajstić information content (AvgIpc) is 2.65. The van der Waals surface area contributed by atoms with Gasteiger partial charge in [0.1, 0.15) is 0 Å². The van der Waals surface area contributed by atoms with Crippen molar-refractivity contribution in [2.45, 2.75) is 30.5 Å². The van der Waals surface area contributed by atoms with Gasteiger partial charge in [0.15, 0.2) is 0 Å². The molecule has 1 aliphatic rings. The minimum absolute atomic E-state index is 0.186. The van der Waals surface area contributed by atoms with E-state index >= 15 is 0 Å². The van der Waals surface area contributed by atoms with Gasteiger partial charge in [0.25, 0.3) is 5.60 Å². The van der Waals surface area contributed by atoms with Crippen LogP contribution in [0, 0.1) is 0 Å². The quantitative estimate of drug-likeness (QED) is 0.571. The summed E-state index contributed by atoms with van der Waals surface area (Å²) in [4.78, 5) is 0. The van der Waals surface area contributed by atoms with E-state index in [0.717, 1.165) is 0 Å². The fourth-order valence-electron chi connectivity index (χ4n) is 0.908. The smallest absolute Gasteiger partial charge is 0.374 e. The number of halogens is 6. The lowest BCUT2D eigenvalue weighted by Crippen LogP contribution is -2.57. The van der Waals surface area contributed by atoms with E-state index < -0.39 is 30.5 Å². The van der Waals surface area contributed by atoms with Crippen LogP contribution < -0.4 is 0 Å². The summed E-state index contributed by atoms with van der Waals surface area (Å²) >= 11 is 0. The van der Waals surface area contributed by atoms with Crippen LogP contribution in [0.1, 0.15) is 6.42 Å². The second-order valence-electron chi connectivity index (χ2n) is 3.02. The molecule has 0 bridgehead atoms. The van der Waals surface area contributed by atoms with Crippen LogP contribution in [-0.4, -0.2) is 35.8 Å². The molecule has 8 heteroatoms. The van der Waals surface area contributed by atoms with Crippen LogP contribution in [0.15, 0.2) is 0 Å². The molecule has 0 radical (unpaired) electrons. The average molecular weight is 224 g/mol. The van der Waals surface area contributed by atoms with Gasteiger partial charge in [0.2, 0.25) is 0 Å². The standard InChI is InChI=1S/C6H6F6O2/c7-5(8,9)4(13,6(10,11)12)1-3-2-14-3/h3,13H,1-2H2. The van der Waals surface area contributed by atoms with Gasteiger partial charge in [-0.1, -0.05) is 0 Å². The highest BCUT2D eigenvalue weighted by Crippen LogP contribution is 2.47. The zero-order valence-corrected chi connectivity index (χ0v) is 6.61. The van der Waals surface area contributed by atoms with Crippen molar-refractivity contribution in [2.24, 2.45) is 0 Å². The van der Waals surface area contributed by atoms with E-state index in [2.05, 4.69) is 4.74 Å². The normalized spacial score (nSPS) is 23.8. The Morgan fingerprint density at radius 1 is 1.07 bits per heavy atom. The first kappa shape index (κ1) is 11.6. The van der Waals surface area contributed by atoms with E-state index in [-0.39, 0.29) is 6.61 Å². The summed E-state index contributed by atoms with van der Waals surface area (Å²) in [7, 11) is 0. The predicted octanol–water partition coefficient (Wildman–Crippen LogP) is 1.63. The first-order chi connectivity index (χ1) is 6.08. The highest BCUT2D eigenvalue weighted by molar-refractivity contribution is 4.97. The van der Waals surface area contributed by atoms with Crippen molar-refractivity contribution in [3.05, 3.63) is 0 Å². The third-order valence-electron chi connectivity index (χ3n) is 1.86. The lowest BCUT2D eigenvalue weighted by atomic mass is 9.96. The molecule has 2 nitrogen and oxygen atoms in total. The Morgan fingerprint density at radius 2 is 1.43 bits per heavy atom. The highest BCUT2D eigenvalue weighted by Gasteiger charge is 2.71. The van der Waals surface area contributed by atoms with Crippen LogP contribution in [0.3, 0.4) is 0 Å². The Bertz CT molecular complexity index is 201. The lowest BCUT2D eigenvalue weighted by Gasteiger charge is -2.31. The predicted molar refractivity (Wildman–Crippen MR) is 31.4 cm³/mol. The van der Waals surface area contributed by atoms with E-state index in [1.54, 1.807) is 0 Å². The van der Waals surface area contributed by atoms with Gasteiger partial charge in [-0.3, -0.25) is 0 Å². The summed E-state index contributed by atoms with van der Waals surface area (Å²) in [6, 6.07) is 0. The third-order valence-corrected chi connectivity index (χ3v) is 1.86. The van der Waals surface area contributed by atoms with Gasteiger partial charge in [-0.2, -0.15) is 26.3 Å². The first-order valence-electron chi connectivity index (χ1n) is 3.55. The number of aliphatic hydroxyl groups is 1. The van der Waals surface area contributed by atoms with Crippen LogP contribution in [0.25, 0.3) is 0 Å². The minimum Gasteiger partial charge on any atom is -0.374 e. The zero-order chi connectivity index (χ0) is 11.2. The summed E-state index contributed by atoms with van der Waals surface area (Å²) < 4.78 is 76.0. The van der Waals surface area contributed by atoms with Crippen molar-refractivity contribution in [1.29, 1.82) is 0 Å². The molecular formula is C6H6F6O2. The van der Waals surface area contributed by atoms with Crippen LogP contribution in [0.4, 0.5) is 26.3 Å². The molecule has 0 saturated carbocycles. The van der Waals surface area contributed by atoms with Gasteiger partial charge in [0.05, 0.1) is 12.7 Å². The summed E-state index contributed by atoms with van der Waals surface area (Å²) in [5.74, 6) is 0. The van der Waals surface area contributed by atoms with Crippen molar-refractivity contribution >= 4 is 0 Å². The molecular weight excluding hydrogens is 218 g/mol. The van der Waals surface area contributed by atoms with E-state index in [1.807, 2.05) is 0 Å². The number of hydrogen-bond donors (Lipinski definition) is 1. The molecule has 0 amide bonds. The molecule has 1 atom stereocenters. The summed E-state index contributed by atoms with van der Waals surface area (Å²) in [6.45, 7) is -0.186. The zero-order valence-electron chi connectivity index (χ0n) is 6.61. The molecule has 0 aromatic carbocycles. The van der Waals surface area contributed by atoms with E-state index in [4.69, 9.17) is 5.11 Å². The molecule has 84 valence electrons. The number of epoxide rings is 1. The van der Waals surface area contributed by atoms with Crippen molar-refractivity contribution < 1.29 is 36.2 Å². The van der Waals surface area contributed by atoms with Gasteiger partial charge in [-0.05, 0) is 0 Å². The molecule has 1 aliphatic heterocycles. The van der Waals surface area contributed by atoms with Crippen LogP contribution >= 0.6 is 0 Å². The molecule has 1 unspecified atom stereocenters. The second-order valence-corrected chi connectivity index (χ2v) is 3.02. The highest BCUT2D eigenvalue weighted by atomic mass is 19.4. The maximum absolute atomic E-state index is 12.0. The van der Waals surface area contributed by atoms with Gasteiger partial charge >= 0.3 is 12.4 Å². The topological polar surface area (TPSA) is 32.8 Å².